The molecule has 10 nitrogen and oxygen atoms in total. The average molecular weight is 861 g/mol. The number of fused-ring (bicyclic) bond motifs is 2. The van der Waals surface area contributed by atoms with Gasteiger partial charge in [-0.15, -0.1) is 6.58 Å². The van der Waals surface area contributed by atoms with Gasteiger partial charge in [-0.25, -0.2) is 0 Å². The Morgan fingerprint density at radius 2 is 1.62 bits per heavy atom. The van der Waals surface area contributed by atoms with Gasteiger partial charge in [-0.1, -0.05) is 72.8 Å². The van der Waals surface area contributed by atoms with Crippen molar-refractivity contribution in [2.45, 2.75) is 63.5 Å². The molecule has 0 radical (unpaired) electrons. The number of hydrogen-bond acceptors (Lipinski definition) is 8. The van der Waals surface area contributed by atoms with E-state index in [9.17, 15) is 23.1 Å². The first-order chi connectivity index (χ1) is 30.4. The summed E-state index contributed by atoms with van der Waals surface area (Å²) in [4.78, 5) is 46.1. The van der Waals surface area contributed by atoms with Crippen LogP contribution in [0.4, 0.5) is 18.9 Å². The van der Waals surface area contributed by atoms with Crippen molar-refractivity contribution in [1.82, 2.24) is 4.90 Å². The smallest absolute Gasteiger partial charge is 0.416 e. The Morgan fingerprint density at radius 3 is 2.33 bits per heavy atom. The normalized spacial score (nSPS) is 15.1. The third kappa shape index (κ3) is 10.3. The second-order valence-electron chi connectivity index (χ2n) is 15.3. The molecule has 0 saturated carbocycles. The average Bonchev–Trinajstić information content (AvgIpc) is 3.88. The molecule has 1 N–H and O–H groups in total. The Kier molecular flexibility index (Phi) is 13.7. The largest absolute Gasteiger partial charge is 0.497 e. The molecule has 326 valence electrons. The number of alkyl halides is 3. The maximum Gasteiger partial charge on any atom is 0.416 e. The second-order valence-corrected chi connectivity index (χ2v) is 15.3. The van der Waals surface area contributed by atoms with E-state index >= 15 is 9.59 Å². The molecule has 0 spiro atoms. The number of rotatable bonds is 17. The maximum atomic E-state index is 15.1. The van der Waals surface area contributed by atoms with Crippen LogP contribution in [0.5, 0.6) is 11.5 Å². The fraction of sp³-hybridized carbons (Fsp3) is 0.260. The van der Waals surface area contributed by atoms with Crippen molar-refractivity contribution in [3.05, 3.63) is 162 Å². The van der Waals surface area contributed by atoms with Crippen LogP contribution in [0.25, 0.3) is 22.1 Å². The minimum Gasteiger partial charge on any atom is -0.497 e. The van der Waals surface area contributed by atoms with Gasteiger partial charge in [-0.2, -0.15) is 13.2 Å². The predicted octanol–water partition coefficient (Wildman–Crippen LogP) is 9.67. The van der Waals surface area contributed by atoms with Crippen LogP contribution in [-0.2, 0) is 44.7 Å². The van der Waals surface area contributed by atoms with Crippen molar-refractivity contribution in [3.8, 4) is 22.8 Å². The highest BCUT2D eigenvalue weighted by molar-refractivity contribution is 5.99. The highest BCUT2D eigenvalue weighted by Gasteiger charge is 2.50. The number of aliphatic hydroxyl groups is 1. The summed E-state index contributed by atoms with van der Waals surface area (Å²) in [5.41, 5.74) is 1.71. The zero-order valence-electron chi connectivity index (χ0n) is 34.8. The lowest BCUT2D eigenvalue weighted by Gasteiger charge is -2.39. The number of halogens is 3. The highest BCUT2D eigenvalue weighted by atomic mass is 19.4. The first kappa shape index (κ1) is 44.2. The third-order valence-electron chi connectivity index (χ3n) is 10.9. The Labute approximate surface area is 363 Å². The van der Waals surface area contributed by atoms with Gasteiger partial charge >= 0.3 is 12.1 Å². The molecule has 1 aliphatic rings. The van der Waals surface area contributed by atoms with E-state index in [4.69, 9.17) is 18.6 Å². The summed E-state index contributed by atoms with van der Waals surface area (Å²) in [6.07, 6.45) is -3.70. The monoisotopic (exact) mass is 860 g/mol. The lowest BCUT2D eigenvalue weighted by Crippen LogP contribution is -2.53. The summed E-state index contributed by atoms with van der Waals surface area (Å²) in [6, 6.07) is 31.7. The van der Waals surface area contributed by atoms with Gasteiger partial charge in [0.15, 0.2) is 0 Å². The highest BCUT2D eigenvalue weighted by Crippen LogP contribution is 2.48. The molecule has 3 atom stereocenters. The van der Waals surface area contributed by atoms with Gasteiger partial charge in [0.05, 0.1) is 50.8 Å². The fourth-order valence-corrected chi connectivity index (χ4v) is 8.08. The minimum atomic E-state index is -4.58. The van der Waals surface area contributed by atoms with Gasteiger partial charge in [0.25, 0.3) is 0 Å². The van der Waals surface area contributed by atoms with E-state index in [1.54, 1.807) is 70.5 Å². The van der Waals surface area contributed by atoms with Gasteiger partial charge in [-0.3, -0.25) is 14.4 Å². The van der Waals surface area contributed by atoms with E-state index in [1.807, 2.05) is 42.5 Å². The first-order valence-corrected chi connectivity index (χ1v) is 20.5. The number of carbonyl (C=O) groups excluding carboxylic acids is 3. The molecule has 0 fully saturated rings. The minimum absolute atomic E-state index is 0.0402. The number of amides is 2. The summed E-state index contributed by atoms with van der Waals surface area (Å²) < 4.78 is 64.8. The molecule has 63 heavy (non-hydrogen) atoms. The third-order valence-corrected chi connectivity index (χ3v) is 10.9. The molecule has 1 unspecified atom stereocenters. The van der Waals surface area contributed by atoms with E-state index in [0.29, 0.717) is 34.7 Å². The number of furan rings is 1. The van der Waals surface area contributed by atoms with Gasteiger partial charge in [0.1, 0.15) is 29.1 Å². The van der Waals surface area contributed by atoms with Crippen molar-refractivity contribution in [3.63, 3.8) is 0 Å². The molecule has 2 heterocycles. The molecule has 7 rings (SSSR count). The van der Waals surface area contributed by atoms with E-state index in [2.05, 4.69) is 6.58 Å². The standard InChI is InChI=1S/C50H47F3N2O8/c1-4-9-45(62-32(2)57)49-48(42-30-40(61-25-8-24-56)20-22-43(42)55(49)47(59)28-34-14-17-35-10-5-6-11-36(35)26-34)54(46(58)27-33-15-18-39(60-3)19-16-33)31-41-21-23-44(63-41)37-12-7-13-38(29-37)50(51,52)53/h4-7,10-23,26,29-30,45,48-49,56H,1,8-9,24-25,27-28,31H2,2-3H3/t45?,48-,49+/m0/s1. The van der Waals surface area contributed by atoms with E-state index < -0.39 is 41.8 Å². The van der Waals surface area contributed by atoms with Crippen LogP contribution in [0.15, 0.2) is 138 Å². The molecule has 1 aliphatic heterocycles. The maximum absolute atomic E-state index is 15.1. The van der Waals surface area contributed by atoms with Gasteiger partial charge < -0.3 is 33.5 Å². The van der Waals surface area contributed by atoms with Crippen LogP contribution < -0.4 is 14.4 Å². The van der Waals surface area contributed by atoms with Crippen LogP contribution in [0, 0.1) is 0 Å². The quantitative estimate of drug-likeness (QED) is 0.0548. The summed E-state index contributed by atoms with van der Waals surface area (Å²) in [7, 11) is 1.54. The summed E-state index contributed by atoms with van der Waals surface area (Å²) in [6.45, 7) is 5.09. The molecule has 13 heteroatoms. The van der Waals surface area contributed by atoms with Gasteiger partial charge in [0, 0.05) is 43.2 Å². The summed E-state index contributed by atoms with van der Waals surface area (Å²) >= 11 is 0. The van der Waals surface area contributed by atoms with Crippen LogP contribution in [0.1, 0.15) is 53.8 Å². The Balaban J connectivity index is 1.37. The SMILES string of the molecule is C=CCC(OC(C)=O)[C@@H]1[C@@H](N(Cc2ccc(-c3cccc(C(F)(F)F)c3)o2)C(=O)Cc2ccc(OC)cc2)c2cc(OCCCO)ccc2N1C(=O)Cc1ccc2ccccc2c1. The molecular formula is C50H47F3N2O8. The number of carbonyl (C=O) groups is 3. The lowest BCUT2D eigenvalue weighted by atomic mass is 9.94. The number of esters is 1. The van der Waals surface area contributed by atoms with Gasteiger partial charge in [0.2, 0.25) is 11.8 Å². The second kappa shape index (κ2) is 19.5. The fourth-order valence-electron chi connectivity index (χ4n) is 8.08. The molecule has 6 aromatic rings. The molecular weight excluding hydrogens is 814 g/mol. The van der Waals surface area contributed by atoms with Crippen LogP contribution in [0.2, 0.25) is 0 Å². The van der Waals surface area contributed by atoms with E-state index in [0.717, 1.165) is 28.5 Å². The number of ether oxygens (including phenoxy) is 3. The van der Waals surface area contributed by atoms with Crippen molar-refractivity contribution < 1.29 is 51.3 Å². The van der Waals surface area contributed by atoms with Crippen molar-refractivity contribution in [2.24, 2.45) is 0 Å². The van der Waals surface area contributed by atoms with Crippen molar-refractivity contribution >= 4 is 34.2 Å². The first-order valence-electron chi connectivity index (χ1n) is 20.5. The Hall–Kier alpha value is -6.86. The molecule has 2 amide bonds. The lowest BCUT2D eigenvalue weighted by molar-refractivity contribution is -0.149. The zero-order valence-corrected chi connectivity index (χ0v) is 34.8. The number of aliphatic hydroxyl groups excluding tert-OH is 1. The van der Waals surface area contributed by atoms with E-state index in [1.165, 1.54) is 26.2 Å². The zero-order chi connectivity index (χ0) is 44.7. The van der Waals surface area contributed by atoms with Crippen LogP contribution in [-0.4, -0.2) is 60.3 Å². The number of nitrogens with zero attached hydrogens (tertiary/aromatic N) is 2. The molecule has 0 aliphatic carbocycles. The Morgan fingerprint density at radius 1 is 0.873 bits per heavy atom. The number of benzene rings is 5. The molecule has 1 aromatic heterocycles. The van der Waals surface area contributed by atoms with E-state index in [-0.39, 0.29) is 62.0 Å². The molecule has 0 bridgehead atoms. The summed E-state index contributed by atoms with van der Waals surface area (Å²) in [5, 5.41) is 11.5. The van der Waals surface area contributed by atoms with Crippen LogP contribution >= 0.6 is 0 Å². The predicted molar refractivity (Wildman–Crippen MR) is 232 cm³/mol. The van der Waals surface area contributed by atoms with Gasteiger partial charge in [-0.05, 0) is 76.5 Å². The number of methoxy groups -OCH3 is 1. The molecule has 5 aromatic carbocycles. The Bertz CT molecular complexity index is 2590. The number of anilines is 1. The number of hydrogen-bond donors (Lipinski definition) is 1. The summed E-state index contributed by atoms with van der Waals surface area (Å²) in [5.74, 6) is 0.0613. The van der Waals surface area contributed by atoms with Crippen LogP contribution in [0.3, 0.4) is 0 Å². The topological polar surface area (TPSA) is 119 Å². The van der Waals surface area contributed by atoms with Crippen molar-refractivity contribution in [1.29, 1.82) is 0 Å². The molecule has 0 saturated heterocycles. The van der Waals surface area contributed by atoms with Crippen molar-refractivity contribution in [2.75, 3.05) is 25.2 Å².